The molecule has 3 unspecified atom stereocenters. The van der Waals surface area contributed by atoms with Crippen molar-refractivity contribution >= 4 is 5.91 Å². The molecule has 4 aliphatic rings. The van der Waals surface area contributed by atoms with E-state index in [-0.39, 0.29) is 0 Å². The lowest BCUT2D eigenvalue weighted by atomic mass is 9.44. The van der Waals surface area contributed by atoms with Crippen LogP contribution in [0.1, 0.15) is 106 Å². The molecule has 2 heteroatoms. The molecule has 1 saturated heterocycles. The number of piperidine rings is 1. The van der Waals surface area contributed by atoms with Gasteiger partial charge in [0.15, 0.2) is 0 Å². The number of hydrogen-bond acceptors (Lipinski definition) is 1. The van der Waals surface area contributed by atoms with Crippen molar-refractivity contribution in [3.8, 4) is 0 Å². The van der Waals surface area contributed by atoms with Crippen LogP contribution in [-0.4, -0.2) is 11.9 Å². The molecular formula is C28H49NO. The number of amides is 1. The molecule has 1 N–H and O–H groups in total. The third kappa shape index (κ3) is 3.57. The minimum atomic E-state index is 0.300. The van der Waals surface area contributed by atoms with Gasteiger partial charge in [0.1, 0.15) is 0 Å². The fourth-order valence-corrected chi connectivity index (χ4v) is 9.69. The Morgan fingerprint density at radius 3 is 2.40 bits per heavy atom. The average molecular weight is 416 g/mol. The molecule has 4 fully saturated rings. The number of carbonyl (C=O) groups is 1. The van der Waals surface area contributed by atoms with Crippen LogP contribution < -0.4 is 5.32 Å². The van der Waals surface area contributed by atoms with Gasteiger partial charge in [-0.1, -0.05) is 67.7 Å². The first-order valence-electron chi connectivity index (χ1n) is 13.4. The van der Waals surface area contributed by atoms with Crippen LogP contribution in [0.5, 0.6) is 0 Å². The first-order valence-corrected chi connectivity index (χ1v) is 13.4. The lowest BCUT2D eigenvalue weighted by molar-refractivity contribution is -0.144. The lowest BCUT2D eigenvalue weighted by Gasteiger charge is -2.62. The zero-order valence-electron chi connectivity index (χ0n) is 21.0. The minimum Gasteiger partial charge on any atom is -0.353 e. The van der Waals surface area contributed by atoms with Crippen molar-refractivity contribution in [2.45, 2.75) is 112 Å². The molecular weight excluding hydrogens is 366 g/mol. The highest BCUT2D eigenvalue weighted by atomic mass is 16.1. The van der Waals surface area contributed by atoms with Gasteiger partial charge >= 0.3 is 0 Å². The molecule has 1 amide bonds. The molecule has 0 spiro atoms. The van der Waals surface area contributed by atoms with Crippen LogP contribution in [-0.2, 0) is 4.79 Å². The Bertz CT molecular complexity index is 643. The molecule has 2 nitrogen and oxygen atoms in total. The lowest BCUT2D eigenvalue weighted by Crippen LogP contribution is -2.63. The Kier molecular flexibility index (Phi) is 6.12. The predicted octanol–water partition coefficient (Wildman–Crippen LogP) is 7.08. The summed E-state index contributed by atoms with van der Waals surface area (Å²) >= 11 is 0. The monoisotopic (exact) mass is 415 g/mol. The van der Waals surface area contributed by atoms with Crippen LogP contribution in [0.3, 0.4) is 0 Å². The highest BCUT2D eigenvalue weighted by Gasteiger charge is 2.63. The highest BCUT2D eigenvalue weighted by molar-refractivity contribution is 5.77. The van der Waals surface area contributed by atoms with E-state index in [2.05, 4.69) is 53.8 Å². The van der Waals surface area contributed by atoms with Crippen molar-refractivity contribution in [1.82, 2.24) is 5.32 Å². The number of nitrogens with one attached hydrogen (secondary N) is 1. The van der Waals surface area contributed by atoms with Gasteiger partial charge in [-0.05, 0) is 90.3 Å². The molecule has 172 valence electrons. The summed E-state index contributed by atoms with van der Waals surface area (Å²) < 4.78 is 0. The van der Waals surface area contributed by atoms with Crippen LogP contribution in [0, 0.1) is 58.2 Å². The van der Waals surface area contributed by atoms with Gasteiger partial charge < -0.3 is 5.32 Å². The second-order valence-electron chi connectivity index (χ2n) is 13.2. The summed E-state index contributed by atoms with van der Waals surface area (Å²) in [5.74, 6) is 7.10. The number of hydrogen-bond donors (Lipinski definition) is 1. The van der Waals surface area contributed by atoms with E-state index in [0.29, 0.717) is 22.8 Å². The zero-order valence-corrected chi connectivity index (χ0v) is 21.0. The van der Waals surface area contributed by atoms with Crippen molar-refractivity contribution in [3.05, 3.63) is 0 Å². The molecule has 4 rings (SSSR count). The summed E-state index contributed by atoms with van der Waals surface area (Å²) in [7, 11) is 0. The first-order chi connectivity index (χ1) is 14.1. The topological polar surface area (TPSA) is 29.1 Å². The van der Waals surface area contributed by atoms with Crippen LogP contribution >= 0.6 is 0 Å². The molecule has 10 atom stereocenters. The molecule has 3 aliphatic carbocycles. The third-order valence-corrected chi connectivity index (χ3v) is 11.0. The van der Waals surface area contributed by atoms with E-state index >= 15 is 0 Å². The SMILES string of the molecule is CC(C)CCC[C@@H](C)[C@H]1C(C)C[C@H]2[C@@H]3C(C)CC4NC(=O)CC[C@]4(C)[C@H]3CC[C@]12C. The molecule has 30 heavy (non-hydrogen) atoms. The maximum atomic E-state index is 12.1. The Hall–Kier alpha value is -0.530. The molecule has 0 radical (unpaired) electrons. The standard InChI is InChI=1S/C28H49NO/c1-17(2)9-8-10-18(3)26-20(5)15-22-25-19(4)16-23-27(6,14-12-24(30)29-23)21(25)11-13-28(22,26)7/h17-23,25-26H,8-16H2,1-7H3,(H,29,30)/t18-,19?,20?,21+,22+,23?,25-,26+,27-,28+/m1/s1. The van der Waals surface area contributed by atoms with Gasteiger partial charge in [0.2, 0.25) is 5.91 Å². The van der Waals surface area contributed by atoms with Crippen LogP contribution in [0.2, 0.25) is 0 Å². The fourth-order valence-electron chi connectivity index (χ4n) is 9.69. The van der Waals surface area contributed by atoms with E-state index in [0.717, 1.165) is 60.2 Å². The van der Waals surface area contributed by atoms with Gasteiger partial charge in [-0.15, -0.1) is 0 Å². The minimum absolute atomic E-state index is 0.300. The van der Waals surface area contributed by atoms with E-state index < -0.39 is 0 Å². The molecule has 0 aromatic rings. The van der Waals surface area contributed by atoms with Gasteiger partial charge in [-0.2, -0.15) is 0 Å². The summed E-state index contributed by atoms with van der Waals surface area (Å²) in [5.41, 5.74) is 0.865. The average Bonchev–Trinajstić information content (AvgIpc) is 2.93. The maximum Gasteiger partial charge on any atom is 0.220 e. The van der Waals surface area contributed by atoms with E-state index in [1.54, 1.807) is 0 Å². The summed E-state index contributed by atoms with van der Waals surface area (Å²) in [4.78, 5) is 12.1. The number of rotatable bonds is 5. The second kappa shape index (κ2) is 8.11. The van der Waals surface area contributed by atoms with E-state index in [4.69, 9.17) is 0 Å². The molecule has 1 heterocycles. The fraction of sp³-hybridized carbons (Fsp3) is 0.964. The number of fused-ring (bicyclic) bond motifs is 5. The largest absolute Gasteiger partial charge is 0.353 e. The quantitative estimate of drug-likeness (QED) is 0.511. The second-order valence-corrected chi connectivity index (χ2v) is 13.2. The van der Waals surface area contributed by atoms with E-state index in [9.17, 15) is 4.79 Å². The van der Waals surface area contributed by atoms with Gasteiger partial charge in [-0.3, -0.25) is 4.79 Å². The van der Waals surface area contributed by atoms with Crippen molar-refractivity contribution in [2.75, 3.05) is 0 Å². The normalized spacial score (nSPS) is 49.2. The van der Waals surface area contributed by atoms with E-state index in [1.165, 1.54) is 44.9 Å². The third-order valence-electron chi connectivity index (χ3n) is 11.0. The summed E-state index contributed by atoms with van der Waals surface area (Å²) in [5, 5.41) is 3.42. The molecule has 0 aromatic heterocycles. The predicted molar refractivity (Wildman–Crippen MR) is 126 cm³/mol. The molecule has 0 aromatic carbocycles. The maximum absolute atomic E-state index is 12.1. The Morgan fingerprint density at radius 1 is 0.967 bits per heavy atom. The van der Waals surface area contributed by atoms with Crippen LogP contribution in [0.4, 0.5) is 0 Å². The Balaban J connectivity index is 1.55. The molecule has 1 aliphatic heterocycles. The summed E-state index contributed by atoms with van der Waals surface area (Å²) in [6.07, 6.45) is 11.6. The van der Waals surface area contributed by atoms with Gasteiger partial charge in [0.25, 0.3) is 0 Å². The van der Waals surface area contributed by atoms with Crippen molar-refractivity contribution in [3.63, 3.8) is 0 Å². The zero-order chi connectivity index (χ0) is 21.8. The summed E-state index contributed by atoms with van der Waals surface area (Å²) in [6, 6.07) is 0.420. The Morgan fingerprint density at radius 2 is 1.70 bits per heavy atom. The number of carbonyl (C=O) groups excluding carboxylic acids is 1. The van der Waals surface area contributed by atoms with Crippen molar-refractivity contribution in [2.24, 2.45) is 58.2 Å². The molecule has 0 bridgehead atoms. The van der Waals surface area contributed by atoms with E-state index in [1.807, 2.05) is 0 Å². The van der Waals surface area contributed by atoms with Crippen LogP contribution in [0.25, 0.3) is 0 Å². The molecule has 3 saturated carbocycles. The Labute approximate surface area is 186 Å². The smallest absolute Gasteiger partial charge is 0.220 e. The van der Waals surface area contributed by atoms with Gasteiger partial charge in [-0.25, -0.2) is 0 Å². The van der Waals surface area contributed by atoms with Gasteiger partial charge in [0.05, 0.1) is 0 Å². The van der Waals surface area contributed by atoms with Crippen LogP contribution in [0.15, 0.2) is 0 Å². The van der Waals surface area contributed by atoms with Gasteiger partial charge in [0, 0.05) is 12.5 Å². The van der Waals surface area contributed by atoms with Crippen molar-refractivity contribution in [1.29, 1.82) is 0 Å². The summed E-state index contributed by atoms with van der Waals surface area (Å²) in [6.45, 7) is 17.7. The van der Waals surface area contributed by atoms with Crippen molar-refractivity contribution < 1.29 is 4.79 Å². The first kappa shape index (κ1) is 22.7. The highest BCUT2D eigenvalue weighted by Crippen LogP contribution is 2.68.